The summed E-state index contributed by atoms with van der Waals surface area (Å²) in [5.74, 6) is 0.907. The Labute approximate surface area is 137 Å². The number of fused-ring (bicyclic) bond motifs is 1. The molecule has 2 nitrogen and oxygen atoms in total. The van der Waals surface area contributed by atoms with Gasteiger partial charge in [-0.15, -0.1) is 11.3 Å². The van der Waals surface area contributed by atoms with Crippen molar-refractivity contribution in [3.63, 3.8) is 0 Å². The van der Waals surface area contributed by atoms with Crippen LogP contribution in [0.3, 0.4) is 0 Å². The van der Waals surface area contributed by atoms with Gasteiger partial charge in [0.1, 0.15) is 0 Å². The Bertz CT molecular complexity index is 697. The summed E-state index contributed by atoms with van der Waals surface area (Å²) in [6.07, 6.45) is -1.53. The Kier molecular flexibility index (Phi) is 3.76. The molecule has 2 heterocycles. The molecule has 2 fully saturated rings. The third kappa shape index (κ3) is 3.19. The summed E-state index contributed by atoms with van der Waals surface area (Å²) in [6.45, 7) is 5.23. The molecule has 2 aromatic rings. The minimum atomic E-state index is -4.27. The molecule has 0 amide bonds. The van der Waals surface area contributed by atoms with E-state index in [2.05, 4.69) is 9.80 Å². The second-order valence-electron chi connectivity index (χ2n) is 6.56. The van der Waals surface area contributed by atoms with Crippen LogP contribution in [-0.4, -0.2) is 37.6 Å². The average molecular weight is 340 g/mol. The van der Waals surface area contributed by atoms with Crippen LogP contribution in [0.25, 0.3) is 10.1 Å². The molecule has 2 aliphatic rings. The smallest absolute Gasteiger partial charge is 0.368 e. The average Bonchev–Trinajstić information content (AvgIpc) is 3.23. The molecule has 0 spiro atoms. The summed E-state index contributed by atoms with van der Waals surface area (Å²) in [5, 5.41) is 2.94. The van der Waals surface area contributed by atoms with Crippen LogP contribution >= 0.6 is 11.3 Å². The highest BCUT2D eigenvalue weighted by atomic mass is 32.1. The standard InChI is InChI=1S/C17H19F3N2S/c18-17(19,20)13-3-4-14-15(11-23-16(14)9-13)22-7-5-21(6-8-22)10-12-1-2-12/h3-4,9,11-12H,1-2,5-8,10H2. The lowest BCUT2D eigenvalue weighted by Gasteiger charge is -2.36. The van der Waals surface area contributed by atoms with Crippen LogP contribution in [-0.2, 0) is 6.18 Å². The van der Waals surface area contributed by atoms with Crippen LogP contribution in [0.4, 0.5) is 18.9 Å². The fraction of sp³-hybridized carbons (Fsp3) is 0.529. The van der Waals surface area contributed by atoms with Gasteiger partial charge in [-0.2, -0.15) is 13.2 Å². The number of hydrogen-bond donors (Lipinski definition) is 0. The van der Waals surface area contributed by atoms with Crippen molar-refractivity contribution in [3.8, 4) is 0 Å². The van der Waals surface area contributed by atoms with E-state index in [0.717, 1.165) is 47.9 Å². The maximum atomic E-state index is 12.8. The molecule has 1 saturated carbocycles. The number of rotatable bonds is 3. The van der Waals surface area contributed by atoms with Gasteiger partial charge in [0, 0.05) is 48.2 Å². The molecule has 4 rings (SSSR count). The van der Waals surface area contributed by atoms with Crippen molar-refractivity contribution in [2.45, 2.75) is 19.0 Å². The molecular formula is C17H19F3N2S. The number of hydrogen-bond acceptors (Lipinski definition) is 3. The van der Waals surface area contributed by atoms with Gasteiger partial charge in [0.25, 0.3) is 0 Å². The van der Waals surface area contributed by atoms with Crippen molar-refractivity contribution in [1.29, 1.82) is 0 Å². The Balaban J connectivity index is 1.51. The zero-order valence-electron chi connectivity index (χ0n) is 12.8. The first kappa shape index (κ1) is 15.3. The highest BCUT2D eigenvalue weighted by Gasteiger charge is 2.31. The number of benzene rings is 1. The van der Waals surface area contributed by atoms with Crippen molar-refractivity contribution in [1.82, 2.24) is 4.90 Å². The lowest BCUT2D eigenvalue weighted by Crippen LogP contribution is -2.46. The molecule has 0 N–H and O–H groups in total. The minimum Gasteiger partial charge on any atom is -0.368 e. The van der Waals surface area contributed by atoms with Gasteiger partial charge in [-0.3, -0.25) is 4.90 Å². The summed E-state index contributed by atoms with van der Waals surface area (Å²) >= 11 is 1.40. The molecule has 1 saturated heterocycles. The van der Waals surface area contributed by atoms with Crippen molar-refractivity contribution in [2.24, 2.45) is 5.92 Å². The summed E-state index contributed by atoms with van der Waals surface area (Å²) in [4.78, 5) is 4.83. The van der Waals surface area contributed by atoms with E-state index in [1.807, 2.05) is 5.38 Å². The van der Waals surface area contributed by atoms with E-state index in [0.29, 0.717) is 0 Å². The predicted octanol–water partition coefficient (Wildman–Crippen LogP) is 4.45. The normalized spacial score (nSPS) is 20.4. The first-order valence-electron chi connectivity index (χ1n) is 8.06. The van der Waals surface area contributed by atoms with Gasteiger partial charge < -0.3 is 4.90 Å². The van der Waals surface area contributed by atoms with Crippen molar-refractivity contribution in [2.75, 3.05) is 37.6 Å². The molecule has 1 aromatic carbocycles. The topological polar surface area (TPSA) is 6.48 Å². The zero-order valence-corrected chi connectivity index (χ0v) is 13.6. The van der Waals surface area contributed by atoms with Gasteiger partial charge in [-0.1, -0.05) is 6.07 Å². The number of alkyl halides is 3. The van der Waals surface area contributed by atoms with E-state index in [1.54, 1.807) is 6.07 Å². The van der Waals surface area contributed by atoms with Crippen molar-refractivity contribution in [3.05, 3.63) is 29.1 Å². The van der Waals surface area contributed by atoms with Gasteiger partial charge in [0.2, 0.25) is 0 Å². The molecule has 1 aliphatic heterocycles. The van der Waals surface area contributed by atoms with E-state index in [1.165, 1.54) is 42.9 Å². The van der Waals surface area contributed by atoms with Crippen LogP contribution in [0.5, 0.6) is 0 Å². The Morgan fingerprint density at radius 3 is 2.48 bits per heavy atom. The van der Waals surface area contributed by atoms with Gasteiger partial charge in [-0.05, 0) is 30.9 Å². The summed E-state index contributed by atoms with van der Waals surface area (Å²) in [5.41, 5.74) is 0.525. The molecule has 23 heavy (non-hydrogen) atoms. The molecule has 1 aliphatic carbocycles. The van der Waals surface area contributed by atoms with E-state index in [4.69, 9.17) is 0 Å². The quantitative estimate of drug-likeness (QED) is 0.814. The van der Waals surface area contributed by atoms with Gasteiger partial charge in [0.15, 0.2) is 0 Å². The maximum Gasteiger partial charge on any atom is 0.416 e. The van der Waals surface area contributed by atoms with Crippen LogP contribution in [0.15, 0.2) is 23.6 Å². The SMILES string of the molecule is FC(F)(F)c1ccc2c(N3CCN(CC4CC4)CC3)csc2c1. The Morgan fingerprint density at radius 2 is 1.83 bits per heavy atom. The number of nitrogens with zero attached hydrogens (tertiary/aromatic N) is 2. The summed E-state index contributed by atoms with van der Waals surface area (Å²) in [7, 11) is 0. The van der Waals surface area contributed by atoms with Gasteiger partial charge in [0.05, 0.1) is 11.3 Å². The number of thiophene rings is 1. The summed E-state index contributed by atoms with van der Waals surface area (Å²) in [6, 6.07) is 4.09. The third-order valence-corrected chi connectivity index (χ3v) is 5.74. The van der Waals surface area contributed by atoms with Crippen LogP contribution in [0.2, 0.25) is 0 Å². The van der Waals surface area contributed by atoms with E-state index in [9.17, 15) is 13.2 Å². The second kappa shape index (κ2) is 5.67. The van der Waals surface area contributed by atoms with Crippen LogP contribution in [0.1, 0.15) is 18.4 Å². The monoisotopic (exact) mass is 340 g/mol. The minimum absolute atomic E-state index is 0.562. The van der Waals surface area contributed by atoms with Gasteiger partial charge >= 0.3 is 6.18 Å². The fourth-order valence-electron chi connectivity index (χ4n) is 3.27. The van der Waals surface area contributed by atoms with Gasteiger partial charge in [-0.25, -0.2) is 0 Å². The third-order valence-electron chi connectivity index (χ3n) is 4.81. The van der Waals surface area contributed by atoms with E-state index < -0.39 is 11.7 Å². The first-order chi connectivity index (χ1) is 11.0. The molecule has 124 valence electrons. The molecule has 0 unspecified atom stereocenters. The highest BCUT2D eigenvalue weighted by molar-refractivity contribution is 7.17. The predicted molar refractivity (Wildman–Crippen MR) is 88.2 cm³/mol. The largest absolute Gasteiger partial charge is 0.416 e. The van der Waals surface area contributed by atoms with E-state index >= 15 is 0 Å². The van der Waals surface area contributed by atoms with Crippen LogP contribution < -0.4 is 4.90 Å². The Hall–Kier alpha value is -1.27. The van der Waals surface area contributed by atoms with Crippen molar-refractivity contribution >= 4 is 27.1 Å². The molecule has 0 bridgehead atoms. The van der Waals surface area contributed by atoms with Crippen LogP contribution in [0, 0.1) is 5.92 Å². The number of halogens is 3. The number of piperazine rings is 1. The van der Waals surface area contributed by atoms with Crippen molar-refractivity contribution < 1.29 is 13.2 Å². The maximum absolute atomic E-state index is 12.8. The summed E-state index contributed by atoms with van der Waals surface area (Å²) < 4.78 is 39.2. The second-order valence-corrected chi connectivity index (χ2v) is 7.47. The lowest BCUT2D eigenvalue weighted by molar-refractivity contribution is -0.137. The molecule has 0 radical (unpaired) electrons. The lowest BCUT2D eigenvalue weighted by atomic mass is 10.1. The fourth-order valence-corrected chi connectivity index (χ4v) is 4.28. The zero-order chi connectivity index (χ0) is 16.0. The molecule has 1 aromatic heterocycles. The molecular weight excluding hydrogens is 321 g/mol. The molecule has 6 heteroatoms. The molecule has 0 atom stereocenters. The first-order valence-corrected chi connectivity index (χ1v) is 8.94. The Morgan fingerprint density at radius 1 is 1.09 bits per heavy atom. The van der Waals surface area contributed by atoms with E-state index in [-0.39, 0.29) is 0 Å². The number of anilines is 1. The highest BCUT2D eigenvalue weighted by Crippen LogP contribution is 2.38.